The molecule has 4 nitrogen and oxygen atoms in total. The van der Waals surface area contributed by atoms with Crippen molar-refractivity contribution in [1.29, 1.82) is 0 Å². The molecular formula is C15H21N3O. The summed E-state index contributed by atoms with van der Waals surface area (Å²) in [6.45, 7) is 5.35. The molecule has 1 atom stereocenters. The van der Waals surface area contributed by atoms with Gasteiger partial charge in [-0.1, -0.05) is 6.07 Å². The molecule has 1 aromatic heterocycles. The molecule has 0 aliphatic carbocycles. The van der Waals surface area contributed by atoms with Crippen LogP contribution in [0.2, 0.25) is 0 Å². The van der Waals surface area contributed by atoms with Crippen molar-refractivity contribution in [3.8, 4) is 5.75 Å². The number of ether oxygens (including phenoxy) is 1. The third-order valence-corrected chi connectivity index (χ3v) is 4.01. The lowest BCUT2D eigenvalue weighted by atomic mass is 10.00. The second-order valence-corrected chi connectivity index (χ2v) is 5.35. The van der Waals surface area contributed by atoms with E-state index in [2.05, 4.69) is 41.4 Å². The van der Waals surface area contributed by atoms with Crippen LogP contribution in [0.4, 0.5) is 0 Å². The Balaban J connectivity index is 2.09. The van der Waals surface area contributed by atoms with E-state index in [1.807, 2.05) is 6.07 Å². The van der Waals surface area contributed by atoms with Crippen LogP contribution in [0.25, 0.3) is 10.9 Å². The van der Waals surface area contributed by atoms with Gasteiger partial charge in [-0.05, 0) is 31.2 Å². The van der Waals surface area contributed by atoms with Crippen molar-refractivity contribution in [3.63, 3.8) is 0 Å². The Morgan fingerprint density at radius 3 is 2.95 bits per heavy atom. The zero-order valence-electron chi connectivity index (χ0n) is 11.8. The molecular weight excluding hydrogens is 238 g/mol. The molecule has 0 saturated carbocycles. The lowest BCUT2D eigenvalue weighted by Gasteiger charge is -2.31. The molecule has 2 aromatic rings. The second kappa shape index (κ2) is 4.87. The van der Waals surface area contributed by atoms with Gasteiger partial charge in [0, 0.05) is 37.3 Å². The number of likely N-dealkylation sites (N-methyl/N-ethyl adjacent to an activating group) is 1. The van der Waals surface area contributed by atoms with E-state index in [1.54, 1.807) is 7.11 Å². The molecule has 1 aliphatic heterocycles. The van der Waals surface area contributed by atoms with E-state index in [0.717, 1.165) is 30.9 Å². The van der Waals surface area contributed by atoms with E-state index in [9.17, 15) is 0 Å². The van der Waals surface area contributed by atoms with Crippen molar-refractivity contribution in [2.24, 2.45) is 0 Å². The van der Waals surface area contributed by atoms with Crippen LogP contribution in [0.15, 0.2) is 18.3 Å². The largest absolute Gasteiger partial charge is 0.495 e. The first-order chi connectivity index (χ1) is 9.20. The molecule has 0 radical (unpaired) electrons. The molecule has 1 unspecified atom stereocenters. The number of rotatable bonds is 2. The fourth-order valence-electron chi connectivity index (χ4n) is 2.98. The number of hydrogen-bond donors (Lipinski definition) is 2. The number of benzene rings is 1. The molecule has 19 heavy (non-hydrogen) atoms. The summed E-state index contributed by atoms with van der Waals surface area (Å²) in [5.74, 6) is 0.913. The van der Waals surface area contributed by atoms with Gasteiger partial charge >= 0.3 is 0 Å². The minimum Gasteiger partial charge on any atom is -0.495 e. The SMILES string of the molecule is COc1ccc(C)c2c(C3CN(C)CCN3)c[nH]c12. The van der Waals surface area contributed by atoms with Crippen LogP contribution < -0.4 is 10.1 Å². The molecule has 1 aromatic carbocycles. The number of piperazine rings is 1. The highest BCUT2D eigenvalue weighted by Gasteiger charge is 2.22. The predicted molar refractivity (Wildman–Crippen MR) is 77.8 cm³/mol. The monoisotopic (exact) mass is 259 g/mol. The molecule has 2 N–H and O–H groups in total. The highest BCUT2D eigenvalue weighted by Crippen LogP contribution is 2.33. The smallest absolute Gasteiger partial charge is 0.142 e. The summed E-state index contributed by atoms with van der Waals surface area (Å²) in [6, 6.07) is 4.54. The summed E-state index contributed by atoms with van der Waals surface area (Å²) in [7, 11) is 3.90. The third-order valence-electron chi connectivity index (χ3n) is 4.01. The van der Waals surface area contributed by atoms with Crippen molar-refractivity contribution in [2.75, 3.05) is 33.8 Å². The number of nitrogens with one attached hydrogen (secondary N) is 2. The normalized spacial score (nSPS) is 20.9. The highest BCUT2D eigenvalue weighted by atomic mass is 16.5. The van der Waals surface area contributed by atoms with Gasteiger partial charge in [-0.3, -0.25) is 0 Å². The summed E-state index contributed by atoms with van der Waals surface area (Å²) >= 11 is 0. The number of hydrogen-bond acceptors (Lipinski definition) is 3. The number of nitrogens with zero attached hydrogens (tertiary/aromatic N) is 1. The highest BCUT2D eigenvalue weighted by molar-refractivity contribution is 5.91. The predicted octanol–water partition coefficient (Wildman–Crippen LogP) is 2.06. The standard InChI is InChI=1S/C15H21N3O/c1-10-4-5-13(19-3)15-14(10)11(8-17-15)12-9-18(2)7-6-16-12/h4-5,8,12,16-17H,6-7,9H2,1-3H3. The maximum Gasteiger partial charge on any atom is 0.142 e. The molecule has 1 fully saturated rings. The molecule has 4 heteroatoms. The first-order valence-corrected chi connectivity index (χ1v) is 6.77. The number of aromatic nitrogens is 1. The van der Waals surface area contributed by atoms with Gasteiger partial charge in [0.05, 0.1) is 12.6 Å². The molecule has 1 saturated heterocycles. The van der Waals surface area contributed by atoms with Gasteiger partial charge in [-0.15, -0.1) is 0 Å². The van der Waals surface area contributed by atoms with Gasteiger partial charge in [0.1, 0.15) is 5.75 Å². The lowest BCUT2D eigenvalue weighted by Crippen LogP contribution is -2.43. The first kappa shape index (κ1) is 12.5. The molecule has 0 amide bonds. The topological polar surface area (TPSA) is 40.3 Å². The Kier molecular flexibility index (Phi) is 3.21. The quantitative estimate of drug-likeness (QED) is 0.867. The van der Waals surface area contributed by atoms with Crippen LogP contribution in [-0.4, -0.2) is 43.7 Å². The summed E-state index contributed by atoms with van der Waals surface area (Å²) in [5, 5.41) is 4.90. The second-order valence-electron chi connectivity index (χ2n) is 5.35. The summed E-state index contributed by atoms with van der Waals surface area (Å²) in [4.78, 5) is 5.75. The Hall–Kier alpha value is -1.52. The zero-order chi connectivity index (χ0) is 13.4. The van der Waals surface area contributed by atoms with Crippen LogP contribution in [0.1, 0.15) is 17.2 Å². The fourth-order valence-corrected chi connectivity index (χ4v) is 2.98. The van der Waals surface area contributed by atoms with E-state index in [0.29, 0.717) is 6.04 Å². The molecule has 1 aliphatic rings. The fraction of sp³-hybridized carbons (Fsp3) is 0.467. The van der Waals surface area contributed by atoms with E-state index < -0.39 is 0 Å². The minimum absolute atomic E-state index is 0.387. The summed E-state index contributed by atoms with van der Waals surface area (Å²) < 4.78 is 5.44. The van der Waals surface area contributed by atoms with Crippen molar-refractivity contribution in [2.45, 2.75) is 13.0 Å². The number of H-pyrrole nitrogens is 1. The molecule has 0 bridgehead atoms. The van der Waals surface area contributed by atoms with Gasteiger partial charge in [0.15, 0.2) is 0 Å². The zero-order valence-corrected chi connectivity index (χ0v) is 11.8. The van der Waals surface area contributed by atoms with Crippen LogP contribution in [0.5, 0.6) is 5.75 Å². The molecule has 0 spiro atoms. The number of fused-ring (bicyclic) bond motifs is 1. The van der Waals surface area contributed by atoms with Gasteiger partial charge in [0.2, 0.25) is 0 Å². The van der Waals surface area contributed by atoms with E-state index in [4.69, 9.17) is 4.74 Å². The van der Waals surface area contributed by atoms with Crippen molar-refractivity contribution < 1.29 is 4.74 Å². The lowest BCUT2D eigenvalue weighted by molar-refractivity contribution is 0.241. The summed E-state index contributed by atoms with van der Waals surface area (Å²) in [5.41, 5.74) is 3.74. The molecule has 3 rings (SSSR count). The summed E-state index contributed by atoms with van der Waals surface area (Å²) in [6.07, 6.45) is 2.12. The molecule has 102 valence electrons. The van der Waals surface area contributed by atoms with Gasteiger partial charge in [0.25, 0.3) is 0 Å². The average Bonchev–Trinajstić information content (AvgIpc) is 2.85. The number of aromatic amines is 1. The van der Waals surface area contributed by atoms with Crippen LogP contribution in [-0.2, 0) is 0 Å². The Morgan fingerprint density at radius 1 is 1.37 bits per heavy atom. The van der Waals surface area contributed by atoms with Crippen LogP contribution in [0, 0.1) is 6.92 Å². The first-order valence-electron chi connectivity index (χ1n) is 6.77. The van der Waals surface area contributed by atoms with E-state index >= 15 is 0 Å². The number of methoxy groups -OCH3 is 1. The minimum atomic E-state index is 0.387. The van der Waals surface area contributed by atoms with Crippen molar-refractivity contribution in [1.82, 2.24) is 15.2 Å². The Morgan fingerprint density at radius 2 is 2.21 bits per heavy atom. The van der Waals surface area contributed by atoms with Crippen LogP contribution in [0.3, 0.4) is 0 Å². The van der Waals surface area contributed by atoms with Gasteiger partial charge < -0.3 is 19.9 Å². The Labute approximate surface area is 113 Å². The van der Waals surface area contributed by atoms with Crippen molar-refractivity contribution in [3.05, 3.63) is 29.5 Å². The third kappa shape index (κ3) is 2.11. The number of aryl methyl sites for hydroxylation is 1. The average molecular weight is 259 g/mol. The van der Waals surface area contributed by atoms with Gasteiger partial charge in [-0.25, -0.2) is 0 Å². The maximum atomic E-state index is 5.44. The van der Waals surface area contributed by atoms with Crippen LogP contribution >= 0.6 is 0 Å². The molecule has 2 heterocycles. The van der Waals surface area contributed by atoms with E-state index in [-0.39, 0.29) is 0 Å². The van der Waals surface area contributed by atoms with E-state index in [1.165, 1.54) is 16.5 Å². The Bertz CT molecular complexity index is 590. The van der Waals surface area contributed by atoms with Gasteiger partial charge in [-0.2, -0.15) is 0 Å². The van der Waals surface area contributed by atoms with Crippen molar-refractivity contribution >= 4 is 10.9 Å². The maximum absolute atomic E-state index is 5.44.